The molecule has 1 saturated heterocycles. The maximum Gasteiger partial charge on any atom is 0.408 e. The monoisotopic (exact) mass is 283 g/mol. The molecule has 0 bridgehead atoms. The fourth-order valence-corrected chi connectivity index (χ4v) is 1.89. The number of hydrogen-bond donors (Lipinski definition) is 0. The largest absolute Gasteiger partial charge is 0.408 e. The van der Waals surface area contributed by atoms with Crippen LogP contribution >= 0.6 is 0 Å². The Hall–Kier alpha value is -0.710. The first-order valence-electron chi connectivity index (χ1n) is 6.88. The van der Waals surface area contributed by atoms with Gasteiger partial charge >= 0.3 is 6.18 Å². The third-order valence-corrected chi connectivity index (χ3v) is 2.74. The molecule has 0 amide bonds. The lowest BCUT2D eigenvalue weighted by Crippen LogP contribution is -2.51. The molecule has 0 saturated carbocycles. The summed E-state index contributed by atoms with van der Waals surface area (Å²) in [6, 6.07) is -1.40. The third-order valence-electron chi connectivity index (χ3n) is 2.74. The normalized spacial score (nSPS) is 22.7. The summed E-state index contributed by atoms with van der Waals surface area (Å²) >= 11 is 0. The van der Waals surface area contributed by atoms with Gasteiger partial charge in [-0.1, -0.05) is 34.3 Å². The van der Waals surface area contributed by atoms with Crippen LogP contribution in [-0.4, -0.2) is 36.9 Å². The highest BCUT2D eigenvalue weighted by atomic mass is 19.4. The predicted octanol–water partition coefficient (Wildman–Crippen LogP) is 4.61. The van der Waals surface area contributed by atoms with Crippen molar-refractivity contribution in [1.29, 1.82) is 0 Å². The third kappa shape index (κ3) is 6.85. The number of rotatable bonds is 2. The van der Waals surface area contributed by atoms with E-state index in [1.165, 1.54) is 12.0 Å². The standard InChI is InChI=1S/C10H16F3NO.2C2H6/c1-7(2)14-6-8(15-3)4-5-9(14)10(11,12)13;2*1-2/h8-9H,1,4-6H2,2-3H3;2*1-2H3. The molecule has 1 fully saturated rings. The molecular formula is C14H28F3NO. The smallest absolute Gasteiger partial charge is 0.380 e. The fourth-order valence-electron chi connectivity index (χ4n) is 1.89. The summed E-state index contributed by atoms with van der Waals surface area (Å²) in [6.07, 6.45) is -3.78. The minimum absolute atomic E-state index is 0.0782. The second-order valence-electron chi connectivity index (χ2n) is 3.88. The Morgan fingerprint density at radius 2 is 1.63 bits per heavy atom. The van der Waals surface area contributed by atoms with E-state index in [-0.39, 0.29) is 19.1 Å². The summed E-state index contributed by atoms with van der Waals surface area (Å²) < 4.78 is 43.1. The van der Waals surface area contributed by atoms with Crippen LogP contribution in [0.25, 0.3) is 0 Å². The van der Waals surface area contributed by atoms with Crippen molar-refractivity contribution in [1.82, 2.24) is 4.90 Å². The molecular weight excluding hydrogens is 255 g/mol. The molecule has 0 aliphatic carbocycles. The van der Waals surface area contributed by atoms with E-state index in [4.69, 9.17) is 4.74 Å². The Kier molecular flexibility index (Phi) is 11.0. The zero-order valence-corrected chi connectivity index (χ0v) is 13.0. The van der Waals surface area contributed by atoms with Gasteiger partial charge in [0.05, 0.1) is 6.10 Å². The first kappa shape index (κ1) is 20.6. The van der Waals surface area contributed by atoms with E-state index in [2.05, 4.69) is 6.58 Å². The van der Waals surface area contributed by atoms with E-state index >= 15 is 0 Å². The van der Waals surface area contributed by atoms with Crippen LogP contribution in [0.5, 0.6) is 0 Å². The van der Waals surface area contributed by atoms with E-state index in [0.717, 1.165) is 0 Å². The van der Waals surface area contributed by atoms with E-state index < -0.39 is 12.2 Å². The van der Waals surface area contributed by atoms with Gasteiger partial charge in [-0.15, -0.1) is 0 Å². The van der Waals surface area contributed by atoms with Crippen molar-refractivity contribution in [2.45, 2.75) is 65.8 Å². The Balaban J connectivity index is 0. The molecule has 0 aromatic rings. The average Bonchev–Trinajstić information content (AvgIpc) is 2.41. The van der Waals surface area contributed by atoms with Crippen molar-refractivity contribution >= 4 is 0 Å². The molecule has 0 radical (unpaired) electrons. The Morgan fingerprint density at radius 3 is 1.95 bits per heavy atom. The topological polar surface area (TPSA) is 12.5 Å². The number of piperidine rings is 1. The Morgan fingerprint density at radius 1 is 1.16 bits per heavy atom. The molecule has 0 aromatic carbocycles. The van der Waals surface area contributed by atoms with Crippen LogP contribution in [0, 0.1) is 0 Å². The van der Waals surface area contributed by atoms with Crippen molar-refractivity contribution in [2.24, 2.45) is 0 Å². The molecule has 2 atom stereocenters. The molecule has 116 valence electrons. The van der Waals surface area contributed by atoms with Gasteiger partial charge in [-0.05, 0) is 19.8 Å². The van der Waals surface area contributed by atoms with Crippen molar-refractivity contribution in [3.8, 4) is 0 Å². The summed E-state index contributed by atoms with van der Waals surface area (Å²) in [4.78, 5) is 1.29. The molecule has 1 aliphatic rings. The minimum Gasteiger partial charge on any atom is -0.380 e. The lowest BCUT2D eigenvalue weighted by Gasteiger charge is -2.41. The zero-order valence-electron chi connectivity index (χ0n) is 13.0. The van der Waals surface area contributed by atoms with Crippen LogP contribution in [0.3, 0.4) is 0 Å². The molecule has 0 aromatic heterocycles. The quantitative estimate of drug-likeness (QED) is 0.733. The number of hydrogen-bond acceptors (Lipinski definition) is 2. The number of likely N-dealkylation sites (tertiary alicyclic amines) is 1. The van der Waals surface area contributed by atoms with E-state index in [1.54, 1.807) is 6.92 Å². The summed E-state index contributed by atoms with van der Waals surface area (Å²) in [5.41, 5.74) is 0.444. The fraction of sp³-hybridized carbons (Fsp3) is 0.857. The highest BCUT2D eigenvalue weighted by molar-refractivity contribution is 4.99. The highest BCUT2D eigenvalue weighted by Crippen LogP contribution is 2.34. The molecule has 2 nitrogen and oxygen atoms in total. The SMILES string of the molecule is C=C(C)N1CC(OC)CCC1C(F)(F)F.CC.CC. The molecule has 1 aliphatic heterocycles. The minimum atomic E-state index is -4.18. The number of halogens is 3. The number of ether oxygens (including phenoxy) is 1. The second-order valence-corrected chi connectivity index (χ2v) is 3.88. The molecule has 2 unspecified atom stereocenters. The van der Waals surface area contributed by atoms with Crippen LogP contribution in [0.2, 0.25) is 0 Å². The Bertz CT molecular complexity index is 241. The van der Waals surface area contributed by atoms with E-state index in [1.807, 2.05) is 27.7 Å². The van der Waals surface area contributed by atoms with Crippen molar-refractivity contribution in [3.63, 3.8) is 0 Å². The van der Waals surface area contributed by atoms with Gasteiger partial charge < -0.3 is 9.64 Å². The van der Waals surface area contributed by atoms with Crippen LogP contribution in [-0.2, 0) is 4.74 Å². The molecule has 1 heterocycles. The van der Waals surface area contributed by atoms with Crippen LogP contribution in [0.15, 0.2) is 12.3 Å². The lowest BCUT2D eigenvalue weighted by molar-refractivity contribution is -0.193. The summed E-state index contributed by atoms with van der Waals surface area (Å²) in [7, 11) is 1.52. The van der Waals surface area contributed by atoms with Crippen molar-refractivity contribution in [3.05, 3.63) is 12.3 Å². The van der Waals surface area contributed by atoms with Gasteiger partial charge in [0, 0.05) is 19.4 Å². The Labute approximate surface area is 115 Å². The molecule has 5 heteroatoms. The number of alkyl halides is 3. The van der Waals surface area contributed by atoms with Gasteiger partial charge in [0.2, 0.25) is 0 Å². The predicted molar refractivity (Wildman–Crippen MR) is 74.1 cm³/mol. The number of nitrogens with zero attached hydrogens (tertiary/aromatic N) is 1. The van der Waals surface area contributed by atoms with Gasteiger partial charge in [0.1, 0.15) is 6.04 Å². The summed E-state index contributed by atoms with van der Waals surface area (Å²) in [5.74, 6) is 0. The van der Waals surface area contributed by atoms with E-state index in [9.17, 15) is 13.2 Å². The van der Waals surface area contributed by atoms with E-state index in [0.29, 0.717) is 12.1 Å². The highest BCUT2D eigenvalue weighted by Gasteiger charge is 2.46. The van der Waals surface area contributed by atoms with Crippen LogP contribution in [0.1, 0.15) is 47.5 Å². The van der Waals surface area contributed by atoms with Gasteiger partial charge in [0.15, 0.2) is 0 Å². The zero-order chi connectivity index (χ0) is 15.6. The molecule has 19 heavy (non-hydrogen) atoms. The van der Waals surface area contributed by atoms with Crippen LogP contribution < -0.4 is 0 Å². The second kappa shape index (κ2) is 10.1. The number of methoxy groups -OCH3 is 1. The summed E-state index contributed by atoms with van der Waals surface area (Å²) in [6.45, 7) is 13.4. The summed E-state index contributed by atoms with van der Waals surface area (Å²) in [5, 5.41) is 0. The van der Waals surface area contributed by atoms with Crippen molar-refractivity contribution < 1.29 is 17.9 Å². The molecule has 1 rings (SSSR count). The van der Waals surface area contributed by atoms with Gasteiger partial charge in [-0.3, -0.25) is 0 Å². The van der Waals surface area contributed by atoms with Gasteiger partial charge in [0.25, 0.3) is 0 Å². The maximum atomic E-state index is 12.7. The van der Waals surface area contributed by atoms with Crippen LogP contribution in [0.4, 0.5) is 13.2 Å². The van der Waals surface area contributed by atoms with Gasteiger partial charge in [-0.2, -0.15) is 13.2 Å². The average molecular weight is 283 g/mol. The van der Waals surface area contributed by atoms with Gasteiger partial charge in [-0.25, -0.2) is 0 Å². The molecule has 0 spiro atoms. The number of allylic oxidation sites excluding steroid dienone is 1. The first-order chi connectivity index (χ1) is 8.86. The first-order valence-corrected chi connectivity index (χ1v) is 6.88. The lowest BCUT2D eigenvalue weighted by atomic mass is 9.99. The maximum absolute atomic E-state index is 12.7. The molecule has 0 N–H and O–H groups in total. The van der Waals surface area contributed by atoms with Crippen molar-refractivity contribution in [2.75, 3.05) is 13.7 Å².